The number of nitrogens with zero attached hydrogens (tertiary/aromatic N) is 1. The second-order valence-electron chi connectivity index (χ2n) is 4.83. The lowest BCUT2D eigenvalue weighted by Gasteiger charge is -2.20. The molecular weight excluding hydrogens is 240 g/mol. The molecule has 6 heteroatoms. The van der Waals surface area contributed by atoms with E-state index in [9.17, 15) is 13.5 Å². The maximum Gasteiger partial charge on any atom is 0.173 e. The van der Waals surface area contributed by atoms with Gasteiger partial charge in [-0.2, -0.15) is 0 Å². The van der Waals surface area contributed by atoms with E-state index in [2.05, 4.69) is 10.2 Å². The second-order valence-corrected chi connectivity index (χ2v) is 6.77. The fourth-order valence-corrected chi connectivity index (χ4v) is 3.59. The Balaban J connectivity index is 1.66. The van der Waals surface area contributed by atoms with Gasteiger partial charge < -0.3 is 15.3 Å². The van der Waals surface area contributed by atoms with Gasteiger partial charge >= 0.3 is 0 Å². The number of β-amino-alcohol motifs (C(OH)–C–C–N with tert-alkyl or cyclic N) is 1. The lowest BCUT2D eigenvalue weighted by molar-refractivity contribution is 0.122. The first kappa shape index (κ1) is 13.0. The van der Waals surface area contributed by atoms with Crippen LogP contribution in [0.1, 0.15) is 12.8 Å². The van der Waals surface area contributed by atoms with Gasteiger partial charge in [0.1, 0.15) is 0 Å². The zero-order valence-electron chi connectivity index (χ0n) is 9.88. The van der Waals surface area contributed by atoms with Crippen LogP contribution in [0.4, 0.5) is 0 Å². The van der Waals surface area contributed by atoms with E-state index in [1.807, 2.05) is 0 Å². The van der Waals surface area contributed by atoms with E-state index in [0.717, 1.165) is 13.1 Å². The van der Waals surface area contributed by atoms with Gasteiger partial charge in [-0.25, -0.2) is 8.42 Å². The first-order chi connectivity index (χ1) is 8.05. The molecule has 98 valence electrons. The molecule has 2 heterocycles. The highest BCUT2D eigenvalue weighted by Gasteiger charge is 2.22. The summed E-state index contributed by atoms with van der Waals surface area (Å²) in [5.41, 5.74) is 0. The van der Waals surface area contributed by atoms with Gasteiger partial charge in [-0.3, -0.25) is 0 Å². The van der Waals surface area contributed by atoms with E-state index < -0.39 is 15.9 Å². The average molecular weight is 260 g/mol. The lowest BCUT2D eigenvalue weighted by atomic mass is 10.3. The predicted molar refractivity (Wildman–Crippen MR) is 66.4 cm³/mol. The highest BCUT2D eigenvalue weighted by atomic mass is 32.2. The number of nitrogens with one attached hydrogen (secondary N) is 1. The highest BCUT2D eigenvalue weighted by Crippen LogP contribution is 2.09. The summed E-state index contributed by atoms with van der Waals surface area (Å²) in [5, 5.41) is 14.1. The summed E-state index contributed by atoms with van der Waals surface area (Å²) >= 11 is 0. The number of aliphatic hydroxyl groups excluding tert-OH is 1. The van der Waals surface area contributed by atoms with Gasteiger partial charge in [0.05, 0.1) is 11.9 Å². The topological polar surface area (TPSA) is 69.6 Å². The van der Waals surface area contributed by atoms with Crippen LogP contribution in [-0.4, -0.2) is 62.5 Å². The molecule has 2 aliphatic rings. The first-order valence-electron chi connectivity index (χ1n) is 6.10. The molecular formula is C11H20N2O3S. The zero-order chi connectivity index (χ0) is 12.3. The Labute approximate surface area is 102 Å². The fourth-order valence-electron chi connectivity index (χ4n) is 2.32. The molecule has 17 heavy (non-hydrogen) atoms. The molecule has 0 spiro atoms. The van der Waals surface area contributed by atoms with E-state index >= 15 is 0 Å². The third kappa shape index (κ3) is 4.06. The molecule has 0 aliphatic carbocycles. The summed E-state index contributed by atoms with van der Waals surface area (Å²) in [6.07, 6.45) is 3.65. The monoisotopic (exact) mass is 260 g/mol. The molecule has 0 saturated carbocycles. The van der Waals surface area contributed by atoms with Crippen molar-refractivity contribution in [2.75, 3.05) is 31.9 Å². The van der Waals surface area contributed by atoms with Crippen LogP contribution < -0.4 is 5.32 Å². The average Bonchev–Trinajstić information content (AvgIpc) is 2.85. The number of sulfone groups is 1. The standard InChI is InChI=1S/C11H20N2O3S/c14-11(8-13-4-1-2-5-13)7-12-10-3-6-17(15,16)9-10/h3,6,10-12,14H,1-2,4-5,7-9H2. The van der Waals surface area contributed by atoms with Crippen LogP contribution >= 0.6 is 0 Å². The quantitative estimate of drug-likeness (QED) is 0.687. The second kappa shape index (κ2) is 5.48. The van der Waals surface area contributed by atoms with Crippen molar-refractivity contribution in [1.29, 1.82) is 0 Å². The maximum absolute atomic E-state index is 11.2. The minimum atomic E-state index is -3.00. The largest absolute Gasteiger partial charge is 0.390 e. The minimum absolute atomic E-state index is 0.115. The van der Waals surface area contributed by atoms with E-state index in [-0.39, 0.29) is 11.8 Å². The molecule has 1 fully saturated rings. The van der Waals surface area contributed by atoms with Crippen molar-refractivity contribution in [3.63, 3.8) is 0 Å². The smallest absolute Gasteiger partial charge is 0.173 e. The molecule has 0 amide bonds. The number of aliphatic hydroxyl groups is 1. The summed E-state index contributed by atoms with van der Waals surface area (Å²) < 4.78 is 22.3. The fraction of sp³-hybridized carbons (Fsp3) is 0.818. The lowest BCUT2D eigenvalue weighted by Crippen LogP contribution is -2.41. The minimum Gasteiger partial charge on any atom is -0.390 e. The van der Waals surface area contributed by atoms with Crippen LogP contribution in [0.5, 0.6) is 0 Å². The van der Waals surface area contributed by atoms with Gasteiger partial charge in [0.25, 0.3) is 0 Å². The Kier molecular flexibility index (Phi) is 4.19. The van der Waals surface area contributed by atoms with Crippen LogP contribution in [-0.2, 0) is 9.84 Å². The number of hydrogen-bond donors (Lipinski definition) is 2. The van der Waals surface area contributed by atoms with Crippen LogP contribution in [0.15, 0.2) is 11.5 Å². The summed E-state index contributed by atoms with van der Waals surface area (Å²) in [6, 6.07) is -0.145. The number of rotatable bonds is 5. The van der Waals surface area contributed by atoms with Crippen molar-refractivity contribution in [1.82, 2.24) is 10.2 Å². The zero-order valence-corrected chi connectivity index (χ0v) is 10.7. The molecule has 2 aliphatic heterocycles. The van der Waals surface area contributed by atoms with Crippen LogP contribution in [0.2, 0.25) is 0 Å². The number of likely N-dealkylation sites (tertiary alicyclic amines) is 1. The van der Waals surface area contributed by atoms with E-state index in [1.54, 1.807) is 6.08 Å². The van der Waals surface area contributed by atoms with E-state index in [4.69, 9.17) is 0 Å². The Hall–Kier alpha value is -0.430. The van der Waals surface area contributed by atoms with Crippen molar-refractivity contribution in [3.8, 4) is 0 Å². The Morgan fingerprint density at radius 1 is 1.41 bits per heavy atom. The predicted octanol–water partition coefficient (Wildman–Crippen LogP) is -0.657. The van der Waals surface area contributed by atoms with Crippen LogP contribution in [0.25, 0.3) is 0 Å². The van der Waals surface area contributed by atoms with E-state index in [1.165, 1.54) is 18.2 Å². The summed E-state index contributed by atoms with van der Waals surface area (Å²) in [4.78, 5) is 2.24. The van der Waals surface area contributed by atoms with Crippen molar-refractivity contribution >= 4 is 9.84 Å². The third-order valence-corrected chi connectivity index (χ3v) is 4.61. The van der Waals surface area contributed by atoms with Crippen molar-refractivity contribution < 1.29 is 13.5 Å². The molecule has 2 unspecified atom stereocenters. The van der Waals surface area contributed by atoms with Gasteiger partial charge in [-0.05, 0) is 25.9 Å². The summed E-state index contributed by atoms with van der Waals surface area (Å²) in [5.74, 6) is 0.115. The third-order valence-electron chi connectivity index (χ3n) is 3.21. The molecule has 0 bridgehead atoms. The Morgan fingerprint density at radius 3 is 2.71 bits per heavy atom. The van der Waals surface area contributed by atoms with Gasteiger partial charge in [0.15, 0.2) is 9.84 Å². The molecule has 0 aromatic carbocycles. The van der Waals surface area contributed by atoms with E-state index in [0.29, 0.717) is 13.1 Å². The van der Waals surface area contributed by atoms with Gasteiger partial charge in [0.2, 0.25) is 0 Å². The number of hydrogen-bond acceptors (Lipinski definition) is 5. The van der Waals surface area contributed by atoms with Gasteiger partial charge in [-0.1, -0.05) is 6.08 Å². The summed E-state index contributed by atoms with van der Waals surface area (Å²) in [6.45, 7) is 3.25. The van der Waals surface area contributed by atoms with Crippen molar-refractivity contribution in [3.05, 3.63) is 11.5 Å². The summed E-state index contributed by atoms with van der Waals surface area (Å²) in [7, 11) is -3.00. The molecule has 0 aromatic heterocycles. The van der Waals surface area contributed by atoms with Crippen molar-refractivity contribution in [2.24, 2.45) is 0 Å². The maximum atomic E-state index is 11.2. The molecule has 5 nitrogen and oxygen atoms in total. The Morgan fingerprint density at radius 2 is 2.12 bits per heavy atom. The Bertz CT molecular complexity index is 374. The SMILES string of the molecule is O=S1(=O)C=CC(NCC(O)CN2CCCC2)C1. The first-order valence-corrected chi connectivity index (χ1v) is 7.81. The molecule has 2 rings (SSSR count). The highest BCUT2D eigenvalue weighted by molar-refractivity contribution is 7.94. The molecule has 0 aromatic rings. The molecule has 2 N–H and O–H groups in total. The van der Waals surface area contributed by atoms with Crippen molar-refractivity contribution in [2.45, 2.75) is 25.0 Å². The van der Waals surface area contributed by atoms with Gasteiger partial charge in [-0.15, -0.1) is 0 Å². The molecule has 2 atom stereocenters. The van der Waals surface area contributed by atoms with Crippen LogP contribution in [0, 0.1) is 0 Å². The van der Waals surface area contributed by atoms with Gasteiger partial charge in [0, 0.05) is 24.5 Å². The molecule has 0 radical (unpaired) electrons. The molecule has 1 saturated heterocycles. The normalized spacial score (nSPS) is 29.8. The van der Waals surface area contributed by atoms with Crippen LogP contribution in [0.3, 0.4) is 0 Å².